The van der Waals surface area contributed by atoms with Crippen molar-refractivity contribution in [3.8, 4) is 0 Å². The van der Waals surface area contributed by atoms with Crippen LogP contribution >= 0.6 is 0 Å². The number of carboxylic acid groups (broad SMARTS) is 1. The van der Waals surface area contributed by atoms with E-state index in [1.807, 2.05) is 13.8 Å². The first kappa shape index (κ1) is 21.4. The number of carbonyl (C=O) groups is 2. The highest BCUT2D eigenvalue weighted by atomic mass is 32.2. The Balaban J connectivity index is 2.08. The molecule has 1 aromatic carbocycles. The Morgan fingerprint density at radius 3 is 2.26 bits per heavy atom. The number of piperidine rings is 1. The van der Waals surface area contributed by atoms with E-state index in [2.05, 4.69) is 0 Å². The zero-order valence-corrected chi connectivity index (χ0v) is 17.1. The number of hydrogen-bond acceptors (Lipinski definition) is 4. The second-order valence-electron chi connectivity index (χ2n) is 7.38. The Kier molecular flexibility index (Phi) is 6.64. The van der Waals surface area contributed by atoms with Gasteiger partial charge >= 0.3 is 5.97 Å². The van der Waals surface area contributed by atoms with Crippen molar-refractivity contribution in [2.45, 2.75) is 51.5 Å². The van der Waals surface area contributed by atoms with Crippen molar-refractivity contribution in [1.29, 1.82) is 0 Å². The zero-order valence-electron chi connectivity index (χ0n) is 16.3. The first-order valence-electron chi connectivity index (χ1n) is 9.13. The lowest BCUT2D eigenvalue weighted by Crippen LogP contribution is -2.47. The van der Waals surface area contributed by atoms with Gasteiger partial charge in [0.05, 0.1) is 4.90 Å². The molecular weight excluding hydrogens is 368 g/mol. The summed E-state index contributed by atoms with van der Waals surface area (Å²) in [6, 6.07) is 4.87. The first-order valence-corrected chi connectivity index (χ1v) is 10.6. The van der Waals surface area contributed by atoms with Gasteiger partial charge in [0.2, 0.25) is 15.9 Å². The summed E-state index contributed by atoms with van der Waals surface area (Å²) in [7, 11) is -3.59. The fourth-order valence-corrected chi connectivity index (χ4v) is 4.82. The average molecular weight is 397 g/mol. The number of rotatable bonds is 6. The molecule has 0 radical (unpaired) electrons. The predicted molar refractivity (Wildman–Crippen MR) is 102 cm³/mol. The number of carbonyl (C=O) groups excluding carboxylic acids is 1. The van der Waals surface area contributed by atoms with Crippen LogP contribution in [0.25, 0.3) is 0 Å². The Morgan fingerprint density at radius 1 is 1.19 bits per heavy atom. The van der Waals surface area contributed by atoms with Crippen LogP contribution < -0.4 is 0 Å². The van der Waals surface area contributed by atoms with E-state index in [1.54, 1.807) is 32.0 Å². The van der Waals surface area contributed by atoms with Gasteiger partial charge in [0.1, 0.15) is 6.54 Å². The van der Waals surface area contributed by atoms with Gasteiger partial charge in [0, 0.05) is 25.0 Å². The molecule has 27 heavy (non-hydrogen) atoms. The number of aliphatic carboxylic acids is 1. The largest absolute Gasteiger partial charge is 0.480 e. The van der Waals surface area contributed by atoms with Crippen molar-refractivity contribution in [2.75, 3.05) is 19.6 Å². The highest BCUT2D eigenvalue weighted by Crippen LogP contribution is 2.26. The maximum atomic E-state index is 12.9. The van der Waals surface area contributed by atoms with E-state index in [-0.39, 0.29) is 42.4 Å². The molecule has 1 aromatic rings. The smallest absolute Gasteiger partial charge is 0.323 e. The van der Waals surface area contributed by atoms with Gasteiger partial charge in [-0.2, -0.15) is 4.31 Å². The van der Waals surface area contributed by atoms with Gasteiger partial charge in [0.25, 0.3) is 0 Å². The summed E-state index contributed by atoms with van der Waals surface area (Å²) in [6.07, 6.45) is 0.789. The van der Waals surface area contributed by atoms with Gasteiger partial charge in [0.15, 0.2) is 0 Å². The number of aryl methyl sites for hydroxylation is 2. The molecule has 1 aliphatic rings. The summed E-state index contributed by atoms with van der Waals surface area (Å²) >= 11 is 0. The number of benzene rings is 1. The van der Waals surface area contributed by atoms with Crippen molar-refractivity contribution in [3.63, 3.8) is 0 Å². The van der Waals surface area contributed by atoms with E-state index < -0.39 is 16.0 Å². The molecule has 0 bridgehead atoms. The lowest BCUT2D eigenvalue weighted by atomic mass is 9.96. The van der Waals surface area contributed by atoms with Crippen LogP contribution in [0, 0.1) is 19.8 Å². The van der Waals surface area contributed by atoms with Gasteiger partial charge in [-0.05, 0) is 63.8 Å². The zero-order chi connectivity index (χ0) is 20.4. The van der Waals surface area contributed by atoms with E-state index in [4.69, 9.17) is 5.11 Å². The third kappa shape index (κ3) is 4.87. The standard InChI is InChI=1S/C19H28N2O5S/c1-13(2)21(12-18(22)23)19(24)16-7-9-20(10-8-16)27(25,26)17-6-5-14(3)15(4)11-17/h5-6,11,13,16H,7-10,12H2,1-4H3,(H,22,23). The summed E-state index contributed by atoms with van der Waals surface area (Å²) in [5.41, 5.74) is 1.95. The molecular formula is C19H28N2O5S. The van der Waals surface area contributed by atoms with Crippen LogP contribution in [0.5, 0.6) is 0 Å². The van der Waals surface area contributed by atoms with Crippen molar-refractivity contribution in [3.05, 3.63) is 29.3 Å². The SMILES string of the molecule is Cc1ccc(S(=O)(=O)N2CCC(C(=O)N(CC(=O)O)C(C)C)CC2)cc1C. The minimum Gasteiger partial charge on any atom is -0.480 e. The molecule has 0 atom stereocenters. The number of nitrogens with zero attached hydrogens (tertiary/aromatic N) is 2. The summed E-state index contributed by atoms with van der Waals surface area (Å²) < 4.78 is 27.1. The van der Waals surface area contributed by atoms with E-state index in [9.17, 15) is 18.0 Å². The quantitative estimate of drug-likeness (QED) is 0.794. The molecule has 1 aliphatic heterocycles. The minimum absolute atomic E-state index is 0.212. The number of hydrogen-bond donors (Lipinski definition) is 1. The van der Waals surface area contributed by atoms with Crippen molar-refractivity contribution < 1.29 is 23.1 Å². The lowest BCUT2D eigenvalue weighted by molar-refractivity contribution is -0.148. The highest BCUT2D eigenvalue weighted by molar-refractivity contribution is 7.89. The molecule has 8 heteroatoms. The monoisotopic (exact) mass is 396 g/mol. The third-order valence-corrected chi connectivity index (χ3v) is 7.03. The maximum Gasteiger partial charge on any atom is 0.323 e. The van der Waals surface area contributed by atoms with Gasteiger partial charge in [-0.25, -0.2) is 8.42 Å². The van der Waals surface area contributed by atoms with Crippen molar-refractivity contribution >= 4 is 21.9 Å². The maximum absolute atomic E-state index is 12.9. The molecule has 2 rings (SSSR count). The molecule has 0 aromatic heterocycles. The summed E-state index contributed by atoms with van der Waals surface area (Å²) in [5.74, 6) is -1.61. The van der Waals surface area contributed by atoms with Crippen LogP contribution in [0.3, 0.4) is 0 Å². The van der Waals surface area contributed by atoms with Gasteiger partial charge in [-0.15, -0.1) is 0 Å². The Hall–Kier alpha value is -1.93. The Labute approximate surface area is 161 Å². The number of amides is 1. The van der Waals surface area contributed by atoms with Crippen LogP contribution in [-0.2, 0) is 19.6 Å². The highest BCUT2D eigenvalue weighted by Gasteiger charge is 2.35. The van der Waals surface area contributed by atoms with Gasteiger partial charge in [-0.3, -0.25) is 9.59 Å². The molecule has 1 heterocycles. The third-order valence-electron chi connectivity index (χ3n) is 5.13. The summed E-state index contributed by atoms with van der Waals surface area (Å²) in [5, 5.41) is 9.02. The Morgan fingerprint density at radius 2 is 1.78 bits per heavy atom. The van der Waals surface area contributed by atoms with Crippen LogP contribution in [-0.4, -0.2) is 60.3 Å². The van der Waals surface area contributed by atoms with E-state index in [0.29, 0.717) is 12.8 Å². The fraction of sp³-hybridized carbons (Fsp3) is 0.579. The Bertz CT molecular complexity index is 811. The topological polar surface area (TPSA) is 95.0 Å². The fourth-order valence-electron chi connectivity index (χ4n) is 3.26. The van der Waals surface area contributed by atoms with Crippen LogP contribution in [0.4, 0.5) is 0 Å². The van der Waals surface area contributed by atoms with E-state index >= 15 is 0 Å². The molecule has 1 fully saturated rings. The molecule has 0 unspecified atom stereocenters. The molecule has 1 N–H and O–H groups in total. The number of carboxylic acids is 1. The molecule has 0 aliphatic carbocycles. The predicted octanol–water partition coefficient (Wildman–Crippen LogP) is 2.03. The molecule has 0 spiro atoms. The number of sulfonamides is 1. The molecule has 1 amide bonds. The van der Waals surface area contributed by atoms with Crippen molar-refractivity contribution in [1.82, 2.24) is 9.21 Å². The lowest BCUT2D eigenvalue weighted by Gasteiger charge is -2.34. The second-order valence-corrected chi connectivity index (χ2v) is 9.32. The minimum atomic E-state index is -3.59. The second kappa shape index (κ2) is 8.39. The molecule has 7 nitrogen and oxygen atoms in total. The first-order chi connectivity index (χ1) is 12.5. The normalized spacial score (nSPS) is 16.5. The molecule has 0 saturated carbocycles. The van der Waals surface area contributed by atoms with Gasteiger partial charge in [-0.1, -0.05) is 6.07 Å². The van der Waals surface area contributed by atoms with E-state index in [1.165, 1.54) is 9.21 Å². The van der Waals surface area contributed by atoms with Crippen molar-refractivity contribution in [2.24, 2.45) is 5.92 Å². The van der Waals surface area contributed by atoms with Crippen LogP contribution in [0.1, 0.15) is 37.8 Å². The van der Waals surface area contributed by atoms with Gasteiger partial charge < -0.3 is 10.0 Å². The van der Waals surface area contributed by atoms with Crippen LogP contribution in [0.2, 0.25) is 0 Å². The molecule has 150 valence electrons. The van der Waals surface area contributed by atoms with E-state index in [0.717, 1.165) is 11.1 Å². The molecule has 1 saturated heterocycles. The summed E-state index contributed by atoms with van der Waals surface area (Å²) in [4.78, 5) is 25.3. The summed E-state index contributed by atoms with van der Waals surface area (Å²) in [6.45, 7) is 7.54. The van der Waals surface area contributed by atoms with Crippen LogP contribution in [0.15, 0.2) is 23.1 Å². The average Bonchev–Trinajstić information content (AvgIpc) is 2.61.